The maximum atomic E-state index is 13.6. The molecular formula is C24H29ClF2N4O2. The Morgan fingerprint density at radius 1 is 1.06 bits per heavy atom. The number of rotatable bonds is 7. The lowest BCUT2D eigenvalue weighted by molar-refractivity contribution is -0.123. The van der Waals surface area contributed by atoms with E-state index in [1.807, 2.05) is 0 Å². The summed E-state index contributed by atoms with van der Waals surface area (Å²) >= 11 is 0. The number of halogens is 3. The second-order valence-corrected chi connectivity index (χ2v) is 8.92. The van der Waals surface area contributed by atoms with Crippen molar-refractivity contribution in [1.29, 1.82) is 0 Å². The maximum absolute atomic E-state index is 13.6. The van der Waals surface area contributed by atoms with Crippen LogP contribution in [0.3, 0.4) is 0 Å². The lowest BCUT2D eigenvalue weighted by atomic mass is 9.78. The molecule has 0 spiro atoms. The molecule has 9 heteroatoms. The third-order valence-corrected chi connectivity index (χ3v) is 6.85. The van der Waals surface area contributed by atoms with Crippen LogP contribution in [-0.2, 0) is 15.0 Å². The van der Waals surface area contributed by atoms with Crippen molar-refractivity contribution in [3.05, 3.63) is 59.9 Å². The molecule has 4 N–H and O–H groups in total. The first-order chi connectivity index (χ1) is 15.4. The van der Waals surface area contributed by atoms with Crippen molar-refractivity contribution in [3.8, 4) is 0 Å². The summed E-state index contributed by atoms with van der Waals surface area (Å²) in [4.78, 5) is 29.2. The first-order valence-electron chi connectivity index (χ1n) is 11.1. The van der Waals surface area contributed by atoms with Crippen LogP contribution in [0, 0.1) is 23.5 Å². The summed E-state index contributed by atoms with van der Waals surface area (Å²) in [5.41, 5.74) is 6.82. The number of aromatic nitrogens is 1. The van der Waals surface area contributed by atoms with E-state index in [-0.39, 0.29) is 42.1 Å². The number of anilines is 1. The van der Waals surface area contributed by atoms with Gasteiger partial charge in [-0.1, -0.05) is 6.07 Å². The van der Waals surface area contributed by atoms with E-state index in [0.717, 1.165) is 43.5 Å². The lowest BCUT2D eigenvalue weighted by Gasteiger charge is -2.32. The second-order valence-electron chi connectivity index (χ2n) is 8.92. The molecule has 4 rings (SSSR count). The van der Waals surface area contributed by atoms with Gasteiger partial charge in [-0.05, 0) is 74.3 Å². The molecule has 2 fully saturated rings. The zero-order chi connectivity index (χ0) is 22.7. The molecule has 2 amide bonds. The lowest BCUT2D eigenvalue weighted by Crippen LogP contribution is -2.46. The molecule has 33 heavy (non-hydrogen) atoms. The van der Waals surface area contributed by atoms with Crippen LogP contribution in [0.1, 0.15) is 44.1 Å². The molecule has 6 nitrogen and oxygen atoms in total. The quantitative estimate of drug-likeness (QED) is 0.565. The predicted molar refractivity (Wildman–Crippen MR) is 124 cm³/mol. The summed E-state index contributed by atoms with van der Waals surface area (Å²) in [5, 5.41) is 5.84. The van der Waals surface area contributed by atoms with Gasteiger partial charge < -0.3 is 16.4 Å². The van der Waals surface area contributed by atoms with Crippen molar-refractivity contribution >= 4 is 29.9 Å². The van der Waals surface area contributed by atoms with E-state index < -0.39 is 17.0 Å². The van der Waals surface area contributed by atoms with E-state index in [1.54, 1.807) is 24.5 Å². The number of carbonyl (C=O) groups is 2. The van der Waals surface area contributed by atoms with Crippen LogP contribution in [0.25, 0.3) is 0 Å². The fraction of sp³-hybridized carbons (Fsp3) is 0.458. The molecule has 1 aromatic heterocycles. The number of amides is 2. The van der Waals surface area contributed by atoms with Crippen LogP contribution in [0.4, 0.5) is 14.5 Å². The van der Waals surface area contributed by atoms with E-state index in [1.165, 1.54) is 6.07 Å². The fourth-order valence-corrected chi connectivity index (χ4v) is 4.60. The molecule has 2 aliphatic carbocycles. The molecule has 2 aliphatic rings. The van der Waals surface area contributed by atoms with Gasteiger partial charge in [0, 0.05) is 36.6 Å². The number of nitrogens with two attached hydrogens (primary N) is 1. The van der Waals surface area contributed by atoms with Gasteiger partial charge in [-0.2, -0.15) is 0 Å². The minimum absolute atomic E-state index is 0. The molecule has 1 unspecified atom stereocenters. The highest BCUT2D eigenvalue weighted by Crippen LogP contribution is 2.48. The van der Waals surface area contributed by atoms with Crippen molar-refractivity contribution in [2.24, 2.45) is 17.6 Å². The molecule has 0 aliphatic heterocycles. The smallest absolute Gasteiger partial charge is 0.230 e. The molecule has 1 heterocycles. The first-order valence-corrected chi connectivity index (χ1v) is 11.1. The number of nitrogens with one attached hydrogen (secondary N) is 2. The maximum Gasteiger partial charge on any atom is 0.230 e. The average molecular weight is 479 g/mol. The molecular weight excluding hydrogens is 450 g/mol. The van der Waals surface area contributed by atoms with Gasteiger partial charge in [-0.15, -0.1) is 12.4 Å². The predicted octanol–water partition coefficient (Wildman–Crippen LogP) is 3.70. The summed E-state index contributed by atoms with van der Waals surface area (Å²) in [5.74, 6) is -1.87. The summed E-state index contributed by atoms with van der Waals surface area (Å²) in [7, 11) is 0. The SMILES string of the molecule is Cl.NC(CNC(=O)C1(c2ccc(F)c(F)c2)CC1)C1CCC(C(=O)Nc2ccncc2)CC1. The Labute approximate surface area is 198 Å². The highest BCUT2D eigenvalue weighted by atomic mass is 35.5. The largest absolute Gasteiger partial charge is 0.354 e. The van der Waals surface area contributed by atoms with Gasteiger partial charge >= 0.3 is 0 Å². The summed E-state index contributed by atoms with van der Waals surface area (Å²) in [6.45, 7) is 0.322. The number of carbonyl (C=O) groups excluding carboxylic acids is 2. The van der Waals surface area contributed by atoms with Gasteiger partial charge in [0.25, 0.3) is 0 Å². The fourth-order valence-electron chi connectivity index (χ4n) is 4.60. The van der Waals surface area contributed by atoms with Gasteiger partial charge in [0.2, 0.25) is 11.8 Å². The van der Waals surface area contributed by atoms with E-state index >= 15 is 0 Å². The molecule has 2 saturated carbocycles. The topological polar surface area (TPSA) is 97.1 Å². The summed E-state index contributed by atoms with van der Waals surface area (Å²) in [6.07, 6.45) is 7.63. The molecule has 1 atom stereocenters. The van der Waals surface area contributed by atoms with Crippen LogP contribution in [0.2, 0.25) is 0 Å². The van der Waals surface area contributed by atoms with Crippen molar-refractivity contribution in [3.63, 3.8) is 0 Å². The Morgan fingerprint density at radius 3 is 2.33 bits per heavy atom. The number of hydrogen-bond acceptors (Lipinski definition) is 4. The Kier molecular flexibility index (Phi) is 8.02. The average Bonchev–Trinajstić information content (AvgIpc) is 3.62. The van der Waals surface area contributed by atoms with Gasteiger partial charge in [0.15, 0.2) is 11.6 Å². The monoisotopic (exact) mass is 478 g/mol. The molecule has 0 radical (unpaired) electrons. The van der Waals surface area contributed by atoms with Crippen molar-refractivity contribution < 1.29 is 18.4 Å². The zero-order valence-electron chi connectivity index (χ0n) is 18.2. The number of pyridine rings is 1. The molecule has 0 bridgehead atoms. The Balaban J connectivity index is 0.00000306. The van der Waals surface area contributed by atoms with Crippen LogP contribution in [-0.4, -0.2) is 29.4 Å². The molecule has 0 saturated heterocycles. The molecule has 2 aromatic rings. The summed E-state index contributed by atoms with van der Waals surface area (Å²) in [6, 6.07) is 6.95. The van der Waals surface area contributed by atoms with Crippen molar-refractivity contribution in [2.45, 2.75) is 50.0 Å². The van der Waals surface area contributed by atoms with Gasteiger partial charge in [0.1, 0.15) is 0 Å². The summed E-state index contributed by atoms with van der Waals surface area (Å²) < 4.78 is 26.8. The van der Waals surface area contributed by atoms with Crippen LogP contribution in [0.5, 0.6) is 0 Å². The van der Waals surface area contributed by atoms with Gasteiger partial charge in [-0.25, -0.2) is 8.78 Å². The number of nitrogens with zero attached hydrogens (tertiary/aromatic N) is 1. The number of hydrogen-bond donors (Lipinski definition) is 3. The van der Waals surface area contributed by atoms with Crippen LogP contribution >= 0.6 is 12.4 Å². The Hall–Kier alpha value is -2.58. The molecule has 1 aromatic carbocycles. The minimum Gasteiger partial charge on any atom is -0.354 e. The normalized spacial score (nSPS) is 21.9. The highest BCUT2D eigenvalue weighted by molar-refractivity contribution is 5.92. The Morgan fingerprint density at radius 2 is 1.73 bits per heavy atom. The van der Waals surface area contributed by atoms with E-state index in [9.17, 15) is 18.4 Å². The Bertz CT molecular complexity index is 980. The van der Waals surface area contributed by atoms with Crippen molar-refractivity contribution in [1.82, 2.24) is 10.3 Å². The van der Waals surface area contributed by atoms with Crippen molar-refractivity contribution in [2.75, 3.05) is 11.9 Å². The van der Waals surface area contributed by atoms with E-state index in [0.29, 0.717) is 24.9 Å². The third kappa shape index (κ3) is 5.68. The standard InChI is InChI=1S/C24H28F2N4O2.ClH/c25-19-6-5-17(13-20(19)26)24(9-10-24)23(32)29-14-21(27)15-1-3-16(4-2-15)22(31)30-18-7-11-28-12-8-18;/h5-8,11-13,15-16,21H,1-4,9-10,14,27H2,(H,29,32)(H,28,30,31);1H. The second kappa shape index (κ2) is 10.6. The van der Waals surface area contributed by atoms with E-state index in [2.05, 4.69) is 15.6 Å². The van der Waals surface area contributed by atoms with Crippen LogP contribution < -0.4 is 16.4 Å². The number of benzene rings is 1. The third-order valence-electron chi connectivity index (χ3n) is 6.85. The van der Waals surface area contributed by atoms with Gasteiger partial charge in [0.05, 0.1) is 5.41 Å². The minimum atomic E-state index is -0.942. The first kappa shape index (κ1) is 25.1. The highest BCUT2D eigenvalue weighted by Gasteiger charge is 2.51. The van der Waals surface area contributed by atoms with E-state index in [4.69, 9.17) is 5.73 Å². The van der Waals surface area contributed by atoms with Crippen LogP contribution in [0.15, 0.2) is 42.7 Å². The molecule has 178 valence electrons. The zero-order valence-corrected chi connectivity index (χ0v) is 19.0. The van der Waals surface area contributed by atoms with Gasteiger partial charge in [-0.3, -0.25) is 14.6 Å².